The van der Waals surface area contributed by atoms with Crippen molar-refractivity contribution in [2.75, 3.05) is 20.1 Å². The summed E-state index contributed by atoms with van der Waals surface area (Å²) in [6.45, 7) is 1.25. The molecule has 1 N–H and O–H groups in total. The quantitative estimate of drug-likeness (QED) is 0.655. The number of carbonyl (C=O) groups is 3. The lowest BCUT2D eigenvalue weighted by atomic mass is 9.95. The van der Waals surface area contributed by atoms with E-state index in [1.165, 1.54) is 6.42 Å². The molecule has 2 fully saturated rings. The summed E-state index contributed by atoms with van der Waals surface area (Å²) in [7, 11) is 1.71. The molecule has 0 atom stereocenters. The third kappa shape index (κ3) is 4.38. The summed E-state index contributed by atoms with van der Waals surface area (Å²) in [6.07, 6.45) is 6.75. The number of likely N-dealkylation sites (tertiary alicyclic amines) is 1. The maximum atomic E-state index is 13.2. The van der Waals surface area contributed by atoms with E-state index < -0.39 is 11.8 Å². The third-order valence-corrected chi connectivity index (χ3v) is 5.81. The number of quaternary nitrogens is 1. The molecule has 1 saturated heterocycles. The first-order valence-electron chi connectivity index (χ1n) is 10.0. The number of carbonyl (C=O) groups excluding carboxylic acids is 3. The molecule has 0 unspecified atom stereocenters. The molecule has 3 rings (SSSR count). The Hall–Kier alpha value is -2.21. The van der Waals surface area contributed by atoms with E-state index in [0.29, 0.717) is 19.6 Å². The number of rotatable bonds is 3. The zero-order valence-corrected chi connectivity index (χ0v) is 16.2. The van der Waals surface area contributed by atoms with Crippen LogP contribution in [0.3, 0.4) is 0 Å². The average molecular weight is 372 g/mol. The predicted molar refractivity (Wildman–Crippen MR) is 103 cm³/mol. The van der Waals surface area contributed by atoms with Crippen molar-refractivity contribution in [3.63, 3.8) is 0 Å². The molecule has 1 aliphatic heterocycles. The topological polar surface area (TPSA) is 66.5 Å². The highest BCUT2D eigenvalue weighted by molar-refractivity contribution is 6.33. The normalized spacial score (nSPS) is 19.4. The fourth-order valence-corrected chi connectivity index (χ4v) is 4.30. The van der Waals surface area contributed by atoms with Gasteiger partial charge in [-0.05, 0) is 18.4 Å². The highest BCUT2D eigenvalue weighted by atomic mass is 16.2. The molecule has 1 aromatic rings. The Labute approximate surface area is 161 Å². The van der Waals surface area contributed by atoms with Crippen LogP contribution in [0, 0.1) is 0 Å². The van der Waals surface area contributed by atoms with Gasteiger partial charge in [-0.3, -0.25) is 9.69 Å². The first kappa shape index (κ1) is 19.5. The highest BCUT2D eigenvalue weighted by Gasteiger charge is 2.52. The first-order chi connectivity index (χ1) is 13.0. The number of imide groups is 1. The maximum absolute atomic E-state index is 13.2. The van der Waals surface area contributed by atoms with Gasteiger partial charge in [-0.15, -0.1) is 0 Å². The smallest absolute Gasteiger partial charge is 0.342 e. The standard InChI is InChI=1S/C21H29N3O3/c1-23(16-17-10-4-2-5-11-17)21(27)24(14-8-9-15-24)20(26)19(25)22-18-12-6-3-7-13-18/h2,4-5,10-11,18H,3,6-9,12-16H2,1H3/p+1. The summed E-state index contributed by atoms with van der Waals surface area (Å²) >= 11 is 0. The Balaban J connectivity index is 1.70. The van der Waals surface area contributed by atoms with Gasteiger partial charge < -0.3 is 5.32 Å². The van der Waals surface area contributed by atoms with Crippen molar-refractivity contribution in [3.05, 3.63) is 35.9 Å². The van der Waals surface area contributed by atoms with E-state index in [0.717, 1.165) is 44.1 Å². The van der Waals surface area contributed by atoms with Crippen molar-refractivity contribution in [3.8, 4) is 0 Å². The molecule has 6 heteroatoms. The fourth-order valence-electron chi connectivity index (χ4n) is 4.30. The Bertz CT molecular complexity index is 677. The molecule has 1 saturated carbocycles. The van der Waals surface area contributed by atoms with Gasteiger partial charge in [0.1, 0.15) is 0 Å². The van der Waals surface area contributed by atoms with Crippen molar-refractivity contribution in [1.29, 1.82) is 0 Å². The Morgan fingerprint density at radius 2 is 1.63 bits per heavy atom. The summed E-state index contributed by atoms with van der Waals surface area (Å²) in [5.74, 6) is -1.19. The number of hydrogen-bond donors (Lipinski definition) is 1. The van der Waals surface area contributed by atoms with E-state index in [2.05, 4.69) is 5.32 Å². The van der Waals surface area contributed by atoms with Crippen LogP contribution in [0.2, 0.25) is 0 Å². The Morgan fingerprint density at radius 1 is 1.00 bits per heavy atom. The fraction of sp³-hybridized carbons (Fsp3) is 0.571. The molecule has 2 aliphatic rings. The van der Waals surface area contributed by atoms with E-state index in [9.17, 15) is 14.4 Å². The molecule has 4 amide bonds. The van der Waals surface area contributed by atoms with Crippen molar-refractivity contribution in [1.82, 2.24) is 10.2 Å². The number of urea groups is 1. The van der Waals surface area contributed by atoms with Gasteiger partial charge in [0.05, 0.1) is 19.6 Å². The minimum absolute atomic E-state index is 0.0648. The van der Waals surface area contributed by atoms with Gasteiger partial charge in [-0.2, -0.15) is 4.48 Å². The van der Waals surface area contributed by atoms with Crippen LogP contribution >= 0.6 is 0 Å². The van der Waals surface area contributed by atoms with Gasteiger partial charge in [0, 0.05) is 25.9 Å². The molecule has 0 bridgehead atoms. The van der Waals surface area contributed by atoms with Crippen LogP contribution in [0.15, 0.2) is 30.3 Å². The molecular weight excluding hydrogens is 342 g/mol. The molecular formula is C21H30N3O3+. The van der Waals surface area contributed by atoms with Crippen molar-refractivity contribution >= 4 is 17.8 Å². The second-order valence-corrected chi connectivity index (χ2v) is 7.86. The molecule has 0 aromatic heterocycles. The molecule has 1 aromatic carbocycles. The van der Waals surface area contributed by atoms with Crippen LogP contribution in [-0.4, -0.2) is 53.4 Å². The Kier molecular flexibility index (Phi) is 6.26. The van der Waals surface area contributed by atoms with Crippen molar-refractivity contribution < 1.29 is 18.9 Å². The predicted octanol–water partition coefficient (Wildman–Crippen LogP) is 2.82. The number of benzene rings is 1. The van der Waals surface area contributed by atoms with Crippen LogP contribution in [0.25, 0.3) is 0 Å². The Morgan fingerprint density at radius 3 is 2.26 bits per heavy atom. The molecule has 0 spiro atoms. The summed E-state index contributed by atoms with van der Waals surface area (Å²) in [6, 6.07) is 9.48. The molecule has 27 heavy (non-hydrogen) atoms. The first-order valence-corrected chi connectivity index (χ1v) is 10.0. The van der Waals surface area contributed by atoms with Crippen LogP contribution in [0.1, 0.15) is 50.5 Å². The average Bonchev–Trinajstić information content (AvgIpc) is 3.19. The molecule has 0 radical (unpaired) electrons. The largest absolute Gasteiger partial charge is 0.427 e. The van der Waals surface area contributed by atoms with Crippen molar-refractivity contribution in [2.24, 2.45) is 0 Å². The molecule has 146 valence electrons. The second kappa shape index (κ2) is 8.65. The van der Waals surface area contributed by atoms with E-state index in [1.807, 2.05) is 30.3 Å². The van der Waals surface area contributed by atoms with Crippen molar-refractivity contribution in [2.45, 2.75) is 57.5 Å². The lowest BCUT2D eigenvalue weighted by Gasteiger charge is -2.32. The summed E-state index contributed by atoms with van der Waals surface area (Å²) < 4.78 is -0.373. The summed E-state index contributed by atoms with van der Waals surface area (Å²) in [5, 5.41) is 2.89. The van der Waals surface area contributed by atoms with E-state index in [1.54, 1.807) is 11.9 Å². The van der Waals surface area contributed by atoms with Gasteiger partial charge >= 0.3 is 17.8 Å². The minimum atomic E-state index is -0.594. The highest BCUT2D eigenvalue weighted by Crippen LogP contribution is 2.24. The zero-order chi connectivity index (χ0) is 19.3. The van der Waals surface area contributed by atoms with Crippen LogP contribution in [0.4, 0.5) is 4.79 Å². The lowest BCUT2D eigenvalue weighted by molar-refractivity contribution is -0.760. The van der Waals surface area contributed by atoms with E-state index in [-0.39, 0.29) is 16.6 Å². The molecule has 1 aliphatic carbocycles. The number of nitrogens with one attached hydrogen (secondary N) is 1. The van der Waals surface area contributed by atoms with Crippen LogP contribution in [0.5, 0.6) is 0 Å². The lowest BCUT2D eigenvalue weighted by Crippen LogP contribution is -2.63. The monoisotopic (exact) mass is 372 g/mol. The second-order valence-electron chi connectivity index (χ2n) is 7.86. The number of amides is 4. The van der Waals surface area contributed by atoms with E-state index >= 15 is 0 Å². The third-order valence-electron chi connectivity index (χ3n) is 5.81. The molecule has 6 nitrogen and oxygen atoms in total. The maximum Gasteiger partial charge on any atom is 0.427 e. The minimum Gasteiger partial charge on any atom is -0.342 e. The van der Waals surface area contributed by atoms with Crippen LogP contribution in [-0.2, 0) is 16.1 Å². The summed E-state index contributed by atoms with van der Waals surface area (Å²) in [4.78, 5) is 40.5. The molecule has 1 heterocycles. The van der Waals surface area contributed by atoms with Gasteiger partial charge in [0.2, 0.25) is 0 Å². The zero-order valence-electron chi connectivity index (χ0n) is 16.2. The number of hydrogen-bond acceptors (Lipinski definition) is 3. The van der Waals surface area contributed by atoms with E-state index in [4.69, 9.17) is 0 Å². The van der Waals surface area contributed by atoms with Gasteiger partial charge in [-0.25, -0.2) is 9.59 Å². The van der Waals surface area contributed by atoms with Gasteiger partial charge in [0.15, 0.2) is 0 Å². The van der Waals surface area contributed by atoms with Gasteiger partial charge in [-0.1, -0.05) is 49.6 Å². The van der Waals surface area contributed by atoms with Crippen LogP contribution < -0.4 is 5.32 Å². The number of nitrogens with zero attached hydrogens (tertiary/aromatic N) is 2. The summed E-state index contributed by atoms with van der Waals surface area (Å²) in [5.41, 5.74) is 1.00. The SMILES string of the molecule is CN(Cc1ccccc1)C(=O)[N+]1(C(=O)C(=O)NC2CCCCC2)CCCC1. The van der Waals surface area contributed by atoms with Gasteiger partial charge in [0.25, 0.3) is 0 Å².